The van der Waals surface area contributed by atoms with Crippen molar-refractivity contribution < 1.29 is 14.6 Å². The van der Waals surface area contributed by atoms with E-state index in [1.54, 1.807) is 13.0 Å². The molecule has 15 heavy (non-hydrogen) atoms. The van der Waals surface area contributed by atoms with E-state index >= 15 is 0 Å². The number of rotatable bonds is 7. The lowest BCUT2D eigenvalue weighted by Crippen LogP contribution is -2.28. The van der Waals surface area contributed by atoms with Crippen molar-refractivity contribution in [2.45, 2.75) is 46.1 Å². The van der Waals surface area contributed by atoms with Crippen molar-refractivity contribution in [1.29, 1.82) is 0 Å². The van der Waals surface area contributed by atoms with Gasteiger partial charge in [-0.3, -0.25) is 4.79 Å². The van der Waals surface area contributed by atoms with Crippen LogP contribution in [-0.4, -0.2) is 23.8 Å². The Bertz CT molecular complexity index is 199. The summed E-state index contributed by atoms with van der Waals surface area (Å²) in [7, 11) is 0. The van der Waals surface area contributed by atoms with Crippen molar-refractivity contribution >= 4 is 5.97 Å². The summed E-state index contributed by atoms with van der Waals surface area (Å²) in [4.78, 5) is 11.5. The molecule has 0 amide bonds. The Hall–Kier alpha value is -0.830. The molecular formula is C12H22O3. The molecule has 0 unspecified atom stereocenters. The van der Waals surface area contributed by atoms with Gasteiger partial charge in [0, 0.05) is 0 Å². The summed E-state index contributed by atoms with van der Waals surface area (Å²) in [5.41, 5.74) is 0. The molecule has 1 N–H and O–H groups in total. The number of hydrogen-bond donors (Lipinski definition) is 1. The fourth-order valence-corrected chi connectivity index (χ4v) is 1.36. The molecule has 0 spiro atoms. The van der Waals surface area contributed by atoms with Gasteiger partial charge < -0.3 is 9.84 Å². The molecule has 0 aliphatic heterocycles. The highest BCUT2D eigenvalue weighted by molar-refractivity contribution is 5.75. The third kappa shape index (κ3) is 5.57. The van der Waals surface area contributed by atoms with Crippen LogP contribution in [0.5, 0.6) is 0 Å². The SMILES string of the molecule is CC/C=C/[C@@H](C(=O)OCC)[C@H](O)CCC. The van der Waals surface area contributed by atoms with Gasteiger partial charge >= 0.3 is 5.97 Å². The zero-order valence-corrected chi connectivity index (χ0v) is 9.90. The largest absolute Gasteiger partial charge is 0.465 e. The third-order valence-corrected chi connectivity index (χ3v) is 2.14. The van der Waals surface area contributed by atoms with Crippen LogP contribution in [0.1, 0.15) is 40.0 Å². The molecule has 0 aliphatic carbocycles. The van der Waals surface area contributed by atoms with Crippen LogP contribution in [0, 0.1) is 5.92 Å². The van der Waals surface area contributed by atoms with Crippen molar-refractivity contribution in [1.82, 2.24) is 0 Å². The van der Waals surface area contributed by atoms with E-state index in [-0.39, 0.29) is 5.97 Å². The second kappa shape index (κ2) is 8.48. The van der Waals surface area contributed by atoms with Crippen LogP contribution in [0.3, 0.4) is 0 Å². The molecule has 3 nitrogen and oxygen atoms in total. The predicted octanol–water partition coefficient (Wildman–Crippen LogP) is 2.29. The Labute approximate surface area is 92.1 Å². The van der Waals surface area contributed by atoms with E-state index in [0.717, 1.165) is 12.8 Å². The maximum Gasteiger partial charge on any atom is 0.315 e. The summed E-state index contributed by atoms with van der Waals surface area (Å²) in [6, 6.07) is 0. The van der Waals surface area contributed by atoms with E-state index in [1.165, 1.54) is 0 Å². The third-order valence-electron chi connectivity index (χ3n) is 2.14. The molecule has 0 aromatic rings. The lowest BCUT2D eigenvalue weighted by molar-refractivity contribution is -0.149. The van der Waals surface area contributed by atoms with Crippen LogP contribution in [0.15, 0.2) is 12.2 Å². The van der Waals surface area contributed by atoms with Crippen LogP contribution >= 0.6 is 0 Å². The molecule has 0 saturated heterocycles. The van der Waals surface area contributed by atoms with E-state index in [2.05, 4.69) is 0 Å². The number of carbonyl (C=O) groups is 1. The molecule has 88 valence electrons. The Morgan fingerprint density at radius 1 is 1.40 bits per heavy atom. The van der Waals surface area contributed by atoms with E-state index in [4.69, 9.17) is 4.74 Å². The molecule has 0 saturated carbocycles. The first-order valence-electron chi connectivity index (χ1n) is 5.68. The van der Waals surface area contributed by atoms with Gasteiger partial charge in [0.1, 0.15) is 5.92 Å². The average Bonchev–Trinajstić information content (AvgIpc) is 2.19. The molecule has 0 aliphatic rings. The van der Waals surface area contributed by atoms with Crippen LogP contribution in [-0.2, 0) is 9.53 Å². The molecule has 0 radical (unpaired) electrons. The van der Waals surface area contributed by atoms with Gasteiger partial charge in [-0.2, -0.15) is 0 Å². The van der Waals surface area contributed by atoms with Gasteiger partial charge in [-0.15, -0.1) is 0 Å². The van der Waals surface area contributed by atoms with Gasteiger partial charge in [-0.05, 0) is 19.8 Å². The fraction of sp³-hybridized carbons (Fsp3) is 0.750. The summed E-state index contributed by atoms with van der Waals surface area (Å²) in [6.45, 7) is 6.10. The van der Waals surface area contributed by atoms with Gasteiger partial charge in [-0.1, -0.05) is 32.4 Å². The summed E-state index contributed by atoms with van der Waals surface area (Å²) in [5, 5.41) is 9.78. The number of ether oxygens (including phenoxy) is 1. The van der Waals surface area contributed by atoms with Gasteiger partial charge in [-0.25, -0.2) is 0 Å². The Balaban J connectivity index is 4.41. The first-order chi connectivity index (χ1) is 7.17. The minimum atomic E-state index is -0.628. The Morgan fingerprint density at radius 2 is 2.07 bits per heavy atom. The van der Waals surface area contributed by atoms with Crippen LogP contribution in [0.25, 0.3) is 0 Å². The highest BCUT2D eigenvalue weighted by Crippen LogP contribution is 2.14. The highest BCUT2D eigenvalue weighted by atomic mass is 16.5. The molecule has 0 rings (SSSR count). The first-order valence-corrected chi connectivity index (χ1v) is 5.68. The topological polar surface area (TPSA) is 46.5 Å². The summed E-state index contributed by atoms with van der Waals surface area (Å²) >= 11 is 0. The zero-order valence-electron chi connectivity index (χ0n) is 9.90. The van der Waals surface area contributed by atoms with E-state index in [1.807, 2.05) is 19.9 Å². The van der Waals surface area contributed by atoms with Crippen LogP contribution in [0.4, 0.5) is 0 Å². The van der Waals surface area contributed by atoms with Crippen molar-refractivity contribution in [2.75, 3.05) is 6.61 Å². The van der Waals surface area contributed by atoms with Crippen LogP contribution < -0.4 is 0 Å². The minimum absolute atomic E-state index is 0.330. The van der Waals surface area contributed by atoms with Crippen LogP contribution in [0.2, 0.25) is 0 Å². The molecule has 0 aromatic heterocycles. The molecule has 0 heterocycles. The smallest absolute Gasteiger partial charge is 0.315 e. The number of aliphatic hydroxyl groups is 1. The zero-order chi connectivity index (χ0) is 11.7. The summed E-state index contributed by atoms with van der Waals surface area (Å²) in [6.07, 6.45) is 5.35. The van der Waals surface area contributed by atoms with Gasteiger partial charge in [0.05, 0.1) is 12.7 Å². The molecule has 3 heteroatoms. The van der Waals surface area contributed by atoms with Gasteiger partial charge in [0.2, 0.25) is 0 Å². The normalized spacial score (nSPS) is 15.2. The van der Waals surface area contributed by atoms with Crippen molar-refractivity contribution in [3.05, 3.63) is 12.2 Å². The van der Waals surface area contributed by atoms with E-state index in [0.29, 0.717) is 13.0 Å². The van der Waals surface area contributed by atoms with Gasteiger partial charge in [0.25, 0.3) is 0 Å². The maximum atomic E-state index is 11.5. The van der Waals surface area contributed by atoms with E-state index in [9.17, 15) is 9.90 Å². The minimum Gasteiger partial charge on any atom is -0.465 e. The number of hydrogen-bond acceptors (Lipinski definition) is 3. The van der Waals surface area contributed by atoms with Crippen molar-refractivity contribution in [3.8, 4) is 0 Å². The predicted molar refractivity (Wildman–Crippen MR) is 60.5 cm³/mol. The fourth-order valence-electron chi connectivity index (χ4n) is 1.36. The molecule has 0 aromatic carbocycles. The number of carbonyl (C=O) groups excluding carboxylic acids is 1. The van der Waals surface area contributed by atoms with E-state index < -0.39 is 12.0 Å². The lowest BCUT2D eigenvalue weighted by Gasteiger charge is -2.17. The molecule has 0 bridgehead atoms. The second-order valence-corrected chi connectivity index (χ2v) is 3.47. The summed E-state index contributed by atoms with van der Waals surface area (Å²) in [5.74, 6) is -0.840. The molecular weight excluding hydrogens is 192 g/mol. The second-order valence-electron chi connectivity index (χ2n) is 3.47. The van der Waals surface area contributed by atoms with Crippen molar-refractivity contribution in [2.24, 2.45) is 5.92 Å². The number of allylic oxidation sites excluding steroid dienone is 1. The monoisotopic (exact) mass is 214 g/mol. The first kappa shape index (κ1) is 14.2. The molecule has 2 atom stereocenters. The maximum absolute atomic E-state index is 11.5. The molecule has 0 fully saturated rings. The Kier molecular flexibility index (Phi) is 8.01. The Morgan fingerprint density at radius 3 is 2.53 bits per heavy atom. The average molecular weight is 214 g/mol. The number of aliphatic hydroxyl groups excluding tert-OH is 1. The quantitative estimate of drug-likeness (QED) is 0.522. The van der Waals surface area contributed by atoms with Gasteiger partial charge in [0.15, 0.2) is 0 Å². The lowest BCUT2D eigenvalue weighted by atomic mass is 9.98. The highest BCUT2D eigenvalue weighted by Gasteiger charge is 2.24. The standard InChI is InChI=1S/C12H22O3/c1-4-7-9-10(11(13)8-5-2)12(14)15-6-3/h7,9-11,13H,4-6,8H2,1-3H3/b9-7+/t10-,11-/m1/s1. The number of esters is 1. The van der Waals surface area contributed by atoms with Crippen molar-refractivity contribution in [3.63, 3.8) is 0 Å². The summed E-state index contributed by atoms with van der Waals surface area (Å²) < 4.78 is 4.92.